The van der Waals surface area contributed by atoms with Gasteiger partial charge < -0.3 is 18.8 Å². The summed E-state index contributed by atoms with van der Waals surface area (Å²) in [6, 6.07) is 7.39. The topological polar surface area (TPSA) is 83.8 Å². The minimum absolute atomic E-state index is 0.214. The monoisotopic (exact) mass is 401 g/mol. The van der Waals surface area contributed by atoms with E-state index in [-0.39, 0.29) is 31.4 Å². The van der Waals surface area contributed by atoms with E-state index < -0.39 is 5.97 Å². The quantitative estimate of drug-likeness (QED) is 0.474. The number of rotatable bonds is 9. The highest BCUT2D eigenvalue weighted by atomic mass is 16.6. The molecule has 0 fully saturated rings. The Labute approximate surface area is 170 Å². The summed E-state index contributed by atoms with van der Waals surface area (Å²) in [7, 11) is 1.34. The van der Waals surface area contributed by atoms with Gasteiger partial charge in [0, 0.05) is 23.5 Å². The van der Waals surface area contributed by atoms with E-state index in [1.807, 2.05) is 43.5 Å². The van der Waals surface area contributed by atoms with Crippen molar-refractivity contribution in [3.8, 4) is 5.75 Å². The molecule has 1 aromatic heterocycles. The van der Waals surface area contributed by atoms with Crippen molar-refractivity contribution in [2.45, 2.75) is 40.7 Å². The summed E-state index contributed by atoms with van der Waals surface area (Å²) in [5, 5.41) is 0. The van der Waals surface area contributed by atoms with Gasteiger partial charge in [-0.3, -0.25) is 9.59 Å². The molecule has 0 amide bonds. The number of carbonyl (C=O) groups is 3. The second-order valence-electron chi connectivity index (χ2n) is 6.96. The average molecular weight is 401 g/mol. The normalized spacial score (nSPS) is 10.5. The lowest BCUT2D eigenvalue weighted by Crippen LogP contribution is -2.20. The molecule has 0 aliphatic heterocycles. The molecule has 0 aliphatic rings. The van der Waals surface area contributed by atoms with Crippen molar-refractivity contribution in [1.82, 2.24) is 4.57 Å². The Bertz CT molecular complexity index is 892. The minimum atomic E-state index is -0.614. The number of methoxy groups -OCH3 is 1. The van der Waals surface area contributed by atoms with Crippen molar-refractivity contribution >= 4 is 17.7 Å². The number of benzene rings is 1. The fourth-order valence-electron chi connectivity index (χ4n) is 3.16. The molecule has 29 heavy (non-hydrogen) atoms. The van der Waals surface area contributed by atoms with Gasteiger partial charge in [0.25, 0.3) is 0 Å². The third kappa shape index (κ3) is 6.20. The van der Waals surface area contributed by atoms with E-state index in [0.717, 1.165) is 22.5 Å². The number of ether oxygens (including phenoxy) is 3. The predicted molar refractivity (Wildman–Crippen MR) is 107 cm³/mol. The van der Waals surface area contributed by atoms with Crippen LogP contribution in [0.3, 0.4) is 0 Å². The third-order valence-electron chi connectivity index (χ3n) is 4.56. The highest BCUT2D eigenvalue weighted by Gasteiger charge is 2.18. The minimum Gasteiger partial charge on any atom is -0.482 e. The molecule has 0 atom stereocenters. The van der Waals surface area contributed by atoms with E-state index in [1.54, 1.807) is 13.0 Å². The molecule has 0 N–H and O–H groups in total. The molecule has 0 aliphatic carbocycles. The van der Waals surface area contributed by atoms with Gasteiger partial charge >= 0.3 is 11.9 Å². The lowest BCUT2D eigenvalue weighted by Gasteiger charge is -2.09. The summed E-state index contributed by atoms with van der Waals surface area (Å²) < 4.78 is 17.0. The van der Waals surface area contributed by atoms with Crippen LogP contribution in [-0.4, -0.2) is 42.6 Å². The first-order chi connectivity index (χ1) is 13.7. The third-order valence-corrected chi connectivity index (χ3v) is 4.56. The first kappa shape index (κ1) is 22.2. The molecule has 0 radical (unpaired) electrons. The highest BCUT2D eigenvalue weighted by Crippen LogP contribution is 2.18. The van der Waals surface area contributed by atoms with Crippen LogP contribution < -0.4 is 4.74 Å². The largest absolute Gasteiger partial charge is 0.482 e. The van der Waals surface area contributed by atoms with E-state index >= 15 is 0 Å². The van der Waals surface area contributed by atoms with Crippen LogP contribution in [0.25, 0.3) is 0 Å². The smallest absolute Gasteiger partial charge is 0.344 e. The number of carbonyl (C=O) groups excluding carboxylic acids is 3. The van der Waals surface area contributed by atoms with Crippen molar-refractivity contribution in [2.24, 2.45) is 0 Å². The number of aromatic nitrogens is 1. The molecule has 1 aromatic carbocycles. The van der Waals surface area contributed by atoms with Gasteiger partial charge in [-0.25, -0.2) is 4.79 Å². The number of hydrogen-bond donors (Lipinski definition) is 0. The van der Waals surface area contributed by atoms with Crippen LogP contribution in [0.15, 0.2) is 24.3 Å². The van der Waals surface area contributed by atoms with Gasteiger partial charge in [-0.15, -0.1) is 0 Å². The Morgan fingerprint density at radius 3 is 2.17 bits per heavy atom. The Kier molecular flexibility index (Phi) is 7.59. The van der Waals surface area contributed by atoms with Crippen LogP contribution in [0, 0.1) is 27.7 Å². The summed E-state index contributed by atoms with van der Waals surface area (Å²) in [4.78, 5) is 35.8. The van der Waals surface area contributed by atoms with Crippen molar-refractivity contribution in [3.63, 3.8) is 0 Å². The molecule has 7 nitrogen and oxygen atoms in total. The SMILES string of the molecule is COC(=O)CCn1c(C)cc(C(=O)COC(=O)COc2cc(C)cc(C)c2)c1C. The summed E-state index contributed by atoms with van der Waals surface area (Å²) in [6.45, 7) is 7.32. The molecular formula is C22H27NO6. The Balaban J connectivity index is 1.89. The second-order valence-corrected chi connectivity index (χ2v) is 6.96. The van der Waals surface area contributed by atoms with Crippen molar-refractivity contribution in [1.29, 1.82) is 0 Å². The molecule has 0 bridgehead atoms. The highest BCUT2D eigenvalue weighted by molar-refractivity contribution is 5.99. The Morgan fingerprint density at radius 1 is 0.897 bits per heavy atom. The van der Waals surface area contributed by atoms with Crippen LogP contribution in [-0.2, 0) is 25.6 Å². The summed E-state index contributed by atoms with van der Waals surface area (Å²) in [5.74, 6) is -0.651. The number of hydrogen-bond acceptors (Lipinski definition) is 6. The van der Waals surface area contributed by atoms with Crippen molar-refractivity contribution < 1.29 is 28.6 Å². The van der Waals surface area contributed by atoms with Gasteiger partial charge in [-0.1, -0.05) is 6.07 Å². The number of aryl methyl sites for hydroxylation is 3. The first-order valence-electron chi connectivity index (χ1n) is 9.34. The molecule has 0 saturated heterocycles. The maximum absolute atomic E-state index is 12.5. The van der Waals surface area contributed by atoms with Gasteiger partial charge in [0.1, 0.15) is 5.75 Å². The average Bonchev–Trinajstić information content (AvgIpc) is 2.95. The van der Waals surface area contributed by atoms with Gasteiger partial charge in [0.15, 0.2) is 13.2 Å². The fourth-order valence-corrected chi connectivity index (χ4v) is 3.16. The molecule has 2 aromatic rings. The standard InChI is InChI=1S/C22H27NO6/c1-14-8-15(2)10-18(9-14)28-13-22(26)29-12-20(24)19-11-16(3)23(17(19)4)7-6-21(25)27-5/h8-11H,6-7,12-13H2,1-5H3. The van der Waals surface area contributed by atoms with E-state index in [9.17, 15) is 14.4 Å². The van der Waals surface area contributed by atoms with E-state index in [2.05, 4.69) is 4.74 Å². The van der Waals surface area contributed by atoms with Gasteiger partial charge in [0.2, 0.25) is 5.78 Å². The molecule has 0 unspecified atom stereocenters. The van der Waals surface area contributed by atoms with E-state index in [0.29, 0.717) is 17.9 Å². The zero-order valence-electron chi connectivity index (χ0n) is 17.5. The van der Waals surface area contributed by atoms with Crippen LogP contribution in [0.5, 0.6) is 5.75 Å². The number of Topliss-reactive ketones (excluding diaryl/α,β-unsaturated/α-hetero) is 1. The van der Waals surface area contributed by atoms with Gasteiger partial charge in [-0.05, 0) is 57.0 Å². The molecule has 0 saturated carbocycles. The summed E-state index contributed by atoms with van der Waals surface area (Å²) in [6.07, 6.45) is 0.214. The van der Waals surface area contributed by atoms with Gasteiger partial charge in [-0.2, -0.15) is 0 Å². The lowest BCUT2D eigenvalue weighted by molar-refractivity contribution is -0.145. The molecule has 0 spiro atoms. The zero-order valence-corrected chi connectivity index (χ0v) is 17.5. The summed E-state index contributed by atoms with van der Waals surface area (Å²) in [5.41, 5.74) is 4.10. The molecule has 7 heteroatoms. The van der Waals surface area contributed by atoms with E-state index in [4.69, 9.17) is 9.47 Å². The fraction of sp³-hybridized carbons (Fsp3) is 0.409. The Hall–Kier alpha value is -3.09. The van der Waals surface area contributed by atoms with Crippen LogP contribution in [0.1, 0.15) is 39.3 Å². The van der Waals surface area contributed by atoms with E-state index in [1.165, 1.54) is 7.11 Å². The maximum atomic E-state index is 12.5. The van der Waals surface area contributed by atoms with Crippen molar-refractivity contribution in [2.75, 3.05) is 20.3 Å². The number of ketones is 1. The zero-order chi connectivity index (χ0) is 21.6. The molecular weight excluding hydrogens is 374 g/mol. The predicted octanol–water partition coefficient (Wildman–Crippen LogP) is 3.09. The first-order valence-corrected chi connectivity index (χ1v) is 9.34. The number of nitrogens with zero attached hydrogens (tertiary/aromatic N) is 1. The molecule has 1 heterocycles. The number of esters is 2. The van der Waals surface area contributed by atoms with Crippen LogP contribution in [0.2, 0.25) is 0 Å². The Morgan fingerprint density at radius 2 is 1.55 bits per heavy atom. The van der Waals surface area contributed by atoms with Crippen LogP contribution >= 0.6 is 0 Å². The van der Waals surface area contributed by atoms with Gasteiger partial charge in [0.05, 0.1) is 13.5 Å². The summed E-state index contributed by atoms with van der Waals surface area (Å²) >= 11 is 0. The lowest BCUT2D eigenvalue weighted by atomic mass is 10.1. The van der Waals surface area contributed by atoms with Crippen LogP contribution in [0.4, 0.5) is 0 Å². The van der Waals surface area contributed by atoms with Crippen molar-refractivity contribution in [3.05, 3.63) is 52.3 Å². The maximum Gasteiger partial charge on any atom is 0.344 e. The molecule has 156 valence electrons. The molecule has 2 rings (SSSR count). The second kappa shape index (κ2) is 9.91.